The smallest absolute Gasteiger partial charge is 0.306 e. The topological polar surface area (TPSA) is 108 Å². The molecule has 0 radical (unpaired) electrons. The van der Waals surface area contributed by atoms with E-state index in [4.69, 9.17) is 9.47 Å². The first-order chi connectivity index (χ1) is 12.5. The van der Waals surface area contributed by atoms with Crippen LogP contribution in [0.25, 0.3) is 11.2 Å². The fourth-order valence-corrected chi connectivity index (χ4v) is 3.11. The maximum atomic E-state index is 12.0. The number of carbonyl (C=O) groups excluding carboxylic acids is 2. The zero-order valence-electron chi connectivity index (χ0n) is 15.1. The van der Waals surface area contributed by atoms with E-state index in [0.29, 0.717) is 29.8 Å². The van der Waals surface area contributed by atoms with Gasteiger partial charge in [-0.2, -0.15) is 0 Å². The van der Waals surface area contributed by atoms with E-state index >= 15 is 0 Å². The maximum absolute atomic E-state index is 12.0. The highest BCUT2D eigenvalue weighted by molar-refractivity contribution is 5.82. The van der Waals surface area contributed by atoms with Crippen molar-refractivity contribution in [1.82, 2.24) is 19.5 Å². The van der Waals surface area contributed by atoms with Crippen molar-refractivity contribution >= 4 is 28.7 Å². The number of anilines is 1. The maximum Gasteiger partial charge on any atom is 0.306 e. The summed E-state index contributed by atoms with van der Waals surface area (Å²) in [7, 11) is 1.77. The Kier molecular flexibility index (Phi) is 5.46. The number of fused-ring (bicyclic) bond motifs is 1. The van der Waals surface area contributed by atoms with Crippen molar-refractivity contribution in [3.05, 3.63) is 12.7 Å². The summed E-state index contributed by atoms with van der Waals surface area (Å²) in [5.41, 5.74) is 1.32. The molecule has 3 rings (SSSR count). The Hall–Kier alpha value is -2.55. The second-order valence-electron chi connectivity index (χ2n) is 6.30. The summed E-state index contributed by atoms with van der Waals surface area (Å²) in [5, 5.41) is 2.99. The van der Waals surface area contributed by atoms with Gasteiger partial charge in [-0.25, -0.2) is 15.0 Å². The minimum absolute atomic E-state index is 0.0283. The van der Waals surface area contributed by atoms with Crippen molar-refractivity contribution in [2.24, 2.45) is 0 Å². The van der Waals surface area contributed by atoms with Gasteiger partial charge >= 0.3 is 5.97 Å². The van der Waals surface area contributed by atoms with E-state index in [0.717, 1.165) is 0 Å². The van der Waals surface area contributed by atoms with Crippen LogP contribution in [0.2, 0.25) is 0 Å². The molecule has 26 heavy (non-hydrogen) atoms. The van der Waals surface area contributed by atoms with Gasteiger partial charge in [-0.15, -0.1) is 0 Å². The van der Waals surface area contributed by atoms with Crippen molar-refractivity contribution in [2.45, 2.75) is 58.0 Å². The number of ether oxygens (including phenoxy) is 2. The molecule has 1 saturated heterocycles. The molecule has 3 unspecified atom stereocenters. The van der Waals surface area contributed by atoms with E-state index in [1.165, 1.54) is 13.3 Å². The van der Waals surface area contributed by atoms with Crippen LogP contribution < -0.4 is 5.32 Å². The molecule has 3 atom stereocenters. The lowest BCUT2D eigenvalue weighted by Crippen LogP contribution is -2.26. The molecule has 2 aromatic heterocycles. The highest BCUT2D eigenvalue weighted by Crippen LogP contribution is 2.34. The van der Waals surface area contributed by atoms with Crippen LogP contribution in [-0.2, 0) is 19.1 Å². The van der Waals surface area contributed by atoms with Gasteiger partial charge in [-0.05, 0) is 13.3 Å². The molecule has 0 aliphatic carbocycles. The molecule has 1 N–H and O–H groups in total. The Bertz CT molecular complexity index is 806. The molecular formula is C17H23N5O4. The average molecular weight is 361 g/mol. The Morgan fingerprint density at radius 3 is 2.85 bits per heavy atom. The third-order valence-corrected chi connectivity index (χ3v) is 4.45. The van der Waals surface area contributed by atoms with Crippen LogP contribution in [0.4, 0.5) is 5.82 Å². The van der Waals surface area contributed by atoms with Crippen molar-refractivity contribution in [2.75, 3.05) is 12.4 Å². The summed E-state index contributed by atoms with van der Waals surface area (Å²) >= 11 is 0. The Morgan fingerprint density at radius 1 is 1.35 bits per heavy atom. The zero-order chi connectivity index (χ0) is 18.7. The van der Waals surface area contributed by atoms with Gasteiger partial charge in [0.05, 0.1) is 18.9 Å². The second kappa shape index (κ2) is 7.77. The Morgan fingerprint density at radius 2 is 2.15 bits per heavy atom. The number of hydrogen-bond acceptors (Lipinski definition) is 8. The molecule has 2 aromatic rings. The van der Waals surface area contributed by atoms with Gasteiger partial charge in [0.2, 0.25) is 0 Å². The number of hydrogen-bond donors (Lipinski definition) is 1. The molecule has 0 saturated carbocycles. The van der Waals surface area contributed by atoms with Crippen LogP contribution in [0.5, 0.6) is 0 Å². The molecule has 1 aliphatic heterocycles. The summed E-state index contributed by atoms with van der Waals surface area (Å²) in [4.78, 5) is 35.8. The molecular weight excluding hydrogens is 338 g/mol. The van der Waals surface area contributed by atoms with Crippen molar-refractivity contribution in [1.29, 1.82) is 0 Å². The molecule has 0 aromatic carbocycles. The lowest BCUT2D eigenvalue weighted by Gasteiger charge is -2.17. The quantitative estimate of drug-likeness (QED) is 0.744. The predicted octanol–water partition coefficient (Wildman–Crippen LogP) is 1.85. The Labute approximate surface area is 151 Å². The largest absolute Gasteiger partial charge is 0.459 e. The third kappa shape index (κ3) is 3.67. The number of carbonyl (C=O) groups is 2. The standard InChI is InChI=1S/C17H23N5O4/c1-4-11-12(26-14(24)6-5-10(2)23)7-13(25-11)22-9-21-15-16(18-3)19-8-20-17(15)22/h8-9,11-13H,4-7H2,1-3H3,(H,18,19,20). The van der Waals surface area contributed by atoms with E-state index in [1.54, 1.807) is 13.4 Å². The second-order valence-corrected chi connectivity index (χ2v) is 6.30. The number of Topliss-reactive ketones (excluding diaryl/α,β-unsaturated/α-hetero) is 1. The summed E-state index contributed by atoms with van der Waals surface area (Å²) < 4.78 is 13.5. The number of ketones is 1. The highest BCUT2D eigenvalue weighted by atomic mass is 16.6. The van der Waals surface area contributed by atoms with Gasteiger partial charge in [0.25, 0.3) is 0 Å². The minimum atomic E-state index is -0.372. The van der Waals surface area contributed by atoms with Crippen molar-refractivity contribution < 1.29 is 19.1 Å². The number of aromatic nitrogens is 4. The van der Waals surface area contributed by atoms with Crippen LogP contribution in [-0.4, -0.2) is 50.5 Å². The summed E-state index contributed by atoms with van der Waals surface area (Å²) in [6.45, 7) is 3.44. The number of nitrogens with zero attached hydrogens (tertiary/aromatic N) is 4. The van der Waals surface area contributed by atoms with Crippen molar-refractivity contribution in [3.8, 4) is 0 Å². The van der Waals surface area contributed by atoms with Gasteiger partial charge in [0.1, 0.15) is 30.0 Å². The average Bonchev–Trinajstić information content (AvgIpc) is 3.23. The minimum Gasteiger partial charge on any atom is -0.459 e. The van der Waals surface area contributed by atoms with Gasteiger partial charge in [0, 0.05) is 19.9 Å². The Balaban J connectivity index is 1.75. The van der Waals surface area contributed by atoms with Gasteiger partial charge in [-0.3, -0.25) is 9.36 Å². The first kappa shape index (κ1) is 18.2. The first-order valence-corrected chi connectivity index (χ1v) is 8.73. The first-order valence-electron chi connectivity index (χ1n) is 8.73. The molecule has 1 aliphatic rings. The fraction of sp³-hybridized carbons (Fsp3) is 0.588. The monoisotopic (exact) mass is 361 g/mol. The van der Waals surface area contributed by atoms with Crippen LogP contribution in [0, 0.1) is 0 Å². The lowest BCUT2D eigenvalue weighted by molar-refractivity contribution is -0.152. The number of imidazole rings is 1. The van der Waals surface area contributed by atoms with Gasteiger partial charge in [0.15, 0.2) is 11.5 Å². The predicted molar refractivity (Wildman–Crippen MR) is 93.5 cm³/mol. The van der Waals surface area contributed by atoms with Crippen LogP contribution in [0.1, 0.15) is 45.8 Å². The van der Waals surface area contributed by atoms with E-state index in [2.05, 4.69) is 20.3 Å². The van der Waals surface area contributed by atoms with Crippen LogP contribution >= 0.6 is 0 Å². The number of rotatable bonds is 7. The fourth-order valence-electron chi connectivity index (χ4n) is 3.11. The molecule has 140 valence electrons. The highest BCUT2D eigenvalue weighted by Gasteiger charge is 2.38. The van der Waals surface area contributed by atoms with Gasteiger partial charge < -0.3 is 19.6 Å². The molecule has 9 nitrogen and oxygen atoms in total. The van der Waals surface area contributed by atoms with E-state index in [1.807, 2.05) is 11.5 Å². The molecule has 0 bridgehead atoms. The van der Waals surface area contributed by atoms with Gasteiger partial charge in [-0.1, -0.05) is 6.92 Å². The summed E-state index contributed by atoms with van der Waals surface area (Å²) in [6, 6.07) is 0. The lowest BCUT2D eigenvalue weighted by atomic mass is 10.1. The van der Waals surface area contributed by atoms with E-state index in [-0.39, 0.29) is 43.0 Å². The molecule has 1 fully saturated rings. The molecule has 0 spiro atoms. The van der Waals surface area contributed by atoms with Crippen molar-refractivity contribution in [3.63, 3.8) is 0 Å². The number of nitrogens with one attached hydrogen (secondary N) is 1. The van der Waals surface area contributed by atoms with Crippen LogP contribution in [0.3, 0.4) is 0 Å². The SMILES string of the molecule is CCC1OC(n2cnc3c(NC)ncnc32)CC1OC(=O)CCC(C)=O. The van der Waals surface area contributed by atoms with E-state index < -0.39 is 0 Å². The molecule has 9 heteroatoms. The van der Waals surface area contributed by atoms with E-state index in [9.17, 15) is 9.59 Å². The zero-order valence-corrected chi connectivity index (χ0v) is 15.1. The normalized spacial score (nSPS) is 22.5. The molecule has 3 heterocycles. The summed E-state index contributed by atoms with van der Waals surface area (Å²) in [5.74, 6) is 0.244. The third-order valence-electron chi connectivity index (χ3n) is 4.45. The van der Waals surface area contributed by atoms with Crippen LogP contribution in [0.15, 0.2) is 12.7 Å². The molecule has 0 amide bonds. The summed E-state index contributed by atoms with van der Waals surface area (Å²) in [6.07, 6.45) is 3.77. The number of esters is 1.